The van der Waals surface area contributed by atoms with E-state index >= 15 is 0 Å². The lowest BCUT2D eigenvalue weighted by Gasteiger charge is -2.27. The number of hydrazine groups is 1. The van der Waals surface area contributed by atoms with Crippen LogP contribution in [0.4, 0.5) is 11.6 Å². The van der Waals surface area contributed by atoms with Gasteiger partial charge in [-0.05, 0) is 31.6 Å². The standard InChI is InChI=1S/C11H19N5/c1-8-2-4-9(5-3-8)14-10-6-13-7-11(15-10)16-12/h6-9H,2-5,12H2,1H3,(H2,14,15,16). The van der Waals surface area contributed by atoms with Crippen LogP contribution in [0, 0.1) is 5.92 Å². The highest BCUT2D eigenvalue weighted by Gasteiger charge is 2.18. The number of nitrogens with two attached hydrogens (primary N) is 1. The van der Waals surface area contributed by atoms with E-state index in [0.29, 0.717) is 11.9 Å². The summed E-state index contributed by atoms with van der Waals surface area (Å²) < 4.78 is 0. The van der Waals surface area contributed by atoms with Crippen molar-refractivity contribution in [1.82, 2.24) is 9.97 Å². The minimum absolute atomic E-state index is 0.526. The SMILES string of the molecule is CC1CCC(Nc2cncc(NN)n2)CC1. The van der Waals surface area contributed by atoms with E-state index in [4.69, 9.17) is 5.84 Å². The molecule has 0 unspecified atom stereocenters. The van der Waals surface area contributed by atoms with Crippen molar-refractivity contribution < 1.29 is 0 Å². The maximum atomic E-state index is 5.29. The van der Waals surface area contributed by atoms with Crippen molar-refractivity contribution in [2.75, 3.05) is 10.7 Å². The number of anilines is 2. The van der Waals surface area contributed by atoms with Crippen molar-refractivity contribution in [3.63, 3.8) is 0 Å². The summed E-state index contributed by atoms with van der Waals surface area (Å²) in [6, 6.07) is 0.526. The van der Waals surface area contributed by atoms with E-state index in [1.807, 2.05) is 0 Å². The van der Waals surface area contributed by atoms with E-state index in [1.54, 1.807) is 12.4 Å². The van der Waals surface area contributed by atoms with Gasteiger partial charge in [-0.25, -0.2) is 10.8 Å². The Morgan fingerprint density at radius 2 is 1.88 bits per heavy atom. The van der Waals surface area contributed by atoms with E-state index in [2.05, 4.69) is 27.6 Å². The molecule has 0 bridgehead atoms. The van der Waals surface area contributed by atoms with Crippen molar-refractivity contribution >= 4 is 11.6 Å². The van der Waals surface area contributed by atoms with Crippen LogP contribution in [0.1, 0.15) is 32.6 Å². The smallest absolute Gasteiger partial charge is 0.160 e. The molecule has 88 valence electrons. The fraction of sp³-hybridized carbons (Fsp3) is 0.636. The molecule has 0 atom stereocenters. The average Bonchev–Trinajstić information content (AvgIpc) is 2.32. The summed E-state index contributed by atoms with van der Waals surface area (Å²) in [6.07, 6.45) is 8.35. The summed E-state index contributed by atoms with van der Waals surface area (Å²) >= 11 is 0. The van der Waals surface area contributed by atoms with Crippen molar-refractivity contribution in [3.05, 3.63) is 12.4 Å². The van der Waals surface area contributed by atoms with E-state index in [0.717, 1.165) is 11.7 Å². The van der Waals surface area contributed by atoms with Gasteiger partial charge in [-0.15, -0.1) is 0 Å². The monoisotopic (exact) mass is 221 g/mol. The second-order valence-corrected chi connectivity index (χ2v) is 4.54. The molecule has 0 amide bonds. The van der Waals surface area contributed by atoms with Crippen LogP contribution in [0.3, 0.4) is 0 Å². The quantitative estimate of drug-likeness (QED) is 0.535. The van der Waals surface area contributed by atoms with Gasteiger partial charge in [0.2, 0.25) is 0 Å². The van der Waals surface area contributed by atoms with Gasteiger partial charge in [0.25, 0.3) is 0 Å². The molecule has 2 rings (SSSR count). The van der Waals surface area contributed by atoms with Crippen LogP contribution in [-0.2, 0) is 0 Å². The Kier molecular flexibility index (Phi) is 3.56. The van der Waals surface area contributed by atoms with Crippen LogP contribution in [0.2, 0.25) is 0 Å². The third kappa shape index (κ3) is 2.82. The zero-order chi connectivity index (χ0) is 11.4. The van der Waals surface area contributed by atoms with Crippen LogP contribution < -0.4 is 16.6 Å². The van der Waals surface area contributed by atoms with Gasteiger partial charge >= 0.3 is 0 Å². The summed E-state index contributed by atoms with van der Waals surface area (Å²) in [7, 11) is 0. The van der Waals surface area contributed by atoms with Crippen molar-refractivity contribution in [1.29, 1.82) is 0 Å². The largest absolute Gasteiger partial charge is 0.366 e. The predicted molar refractivity (Wildman–Crippen MR) is 64.9 cm³/mol. The van der Waals surface area contributed by atoms with E-state index < -0.39 is 0 Å². The topological polar surface area (TPSA) is 75.9 Å². The minimum atomic E-state index is 0.526. The van der Waals surface area contributed by atoms with Gasteiger partial charge in [-0.2, -0.15) is 0 Å². The number of aromatic nitrogens is 2. The number of nitrogens with one attached hydrogen (secondary N) is 2. The molecule has 1 saturated carbocycles. The summed E-state index contributed by atoms with van der Waals surface area (Å²) in [6.45, 7) is 2.31. The van der Waals surface area contributed by atoms with E-state index in [-0.39, 0.29) is 0 Å². The number of nitrogens with zero attached hydrogens (tertiary/aromatic N) is 2. The maximum Gasteiger partial charge on any atom is 0.160 e. The minimum Gasteiger partial charge on any atom is -0.366 e. The molecule has 16 heavy (non-hydrogen) atoms. The predicted octanol–water partition coefficient (Wildman–Crippen LogP) is 1.75. The lowest BCUT2D eigenvalue weighted by molar-refractivity contribution is 0.361. The van der Waals surface area contributed by atoms with Gasteiger partial charge in [-0.1, -0.05) is 6.92 Å². The molecule has 1 heterocycles. The van der Waals surface area contributed by atoms with E-state index in [9.17, 15) is 0 Å². The van der Waals surface area contributed by atoms with Crippen molar-refractivity contribution in [3.8, 4) is 0 Å². The first kappa shape index (κ1) is 11.1. The first-order valence-corrected chi connectivity index (χ1v) is 5.83. The van der Waals surface area contributed by atoms with Crippen LogP contribution >= 0.6 is 0 Å². The highest BCUT2D eigenvalue weighted by Crippen LogP contribution is 2.25. The Balaban J connectivity index is 1.93. The average molecular weight is 221 g/mol. The summed E-state index contributed by atoms with van der Waals surface area (Å²) in [5.74, 6) is 7.54. The first-order chi connectivity index (χ1) is 7.78. The second-order valence-electron chi connectivity index (χ2n) is 4.54. The van der Waals surface area contributed by atoms with Gasteiger partial charge < -0.3 is 10.7 Å². The van der Waals surface area contributed by atoms with Gasteiger partial charge in [0.15, 0.2) is 5.82 Å². The number of hydrogen-bond donors (Lipinski definition) is 3. The Morgan fingerprint density at radius 1 is 1.19 bits per heavy atom. The molecule has 0 aliphatic heterocycles. The number of rotatable bonds is 3. The maximum absolute atomic E-state index is 5.29. The third-order valence-electron chi connectivity index (χ3n) is 3.15. The summed E-state index contributed by atoms with van der Waals surface area (Å²) in [5, 5.41) is 3.41. The Morgan fingerprint density at radius 3 is 2.56 bits per heavy atom. The molecule has 0 radical (unpaired) electrons. The molecule has 5 nitrogen and oxygen atoms in total. The zero-order valence-electron chi connectivity index (χ0n) is 9.61. The molecule has 1 fully saturated rings. The molecule has 1 aliphatic carbocycles. The normalized spacial score (nSPS) is 25.1. The fourth-order valence-corrected chi connectivity index (χ4v) is 2.12. The Bertz CT molecular complexity index is 333. The zero-order valence-corrected chi connectivity index (χ0v) is 9.61. The molecule has 0 spiro atoms. The molecule has 0 saturated heterocycles. The first-order valence-electron chi connectivity index (χ1n) is 5.83. The molecule has 5 heteroatoms. The second kappa shape index (κ2) is 5.12. The lowest BCUT2D eigenvalue weighted by Crippen LogP contribution is -2.25. The molecule has 0 aromatic carbocycles. The molecule has 4 N–H and O–H groups in total. The molecular formula is C11H19N5. The molecule has 1 aliphatic rings. The number of nitrogen functional groups attached to an aromatic ring is 1. The highest BCUT2D eigenvalue weighted by molar-refractivity contribution is 5.41. The Labute approximate surface area is 95.8 Å². The van der Waals surface area contributed by atoms with Gasteiger partial charge in [0, 0.05) is 6.04 Å². The summed E-state index contributed by atoms with van der Waals surface area (Å²) in [5.41, 5.74) is 2.50. The van der Waals surface area contributed by atoms with Crippen LogP contribution in [0.15, 0.2) is 12.4 Å². The van der Waals surface area contributed by atoms with Crippen LogP contribution in [0.25, 0.3) is 0 Å². The third-order valence-corrected chi connectivity index (χ3v) is 3.15. The molecule has 1 aromatic heterocycles. The van der Waals surface area contributed by atoms with Crippen molar-refractivity contribution in [2.45, 2.75) is 38.6 Å². The van der Waals surface area contributed by atoms with Crippen molar-refractivity contribution in [2.24, 2.45) is 11.8 Å². The van der Waals surface area contributed by atoms with Gasteiger partial charge in [0.05, 0.1) is 12.4 Å². The fourth-order valence-electron chi connectivity index (χ4n) is 2.12. The molecule has 1 aromatic rings. The van der Waals surface area contributed by atoms with Gasteiger partial charge in [0.1, 0.15) is 5.82 Å². The Hall–Kier alpha value is -1.36. The lowest BCUT2D eigenvalue weighted by atomic mass is 9.87. The van der Waals surface area contributed by atoms with Crippen LogP contribution in [-0.4, -0.2) is 16.0 Å². The number of hydrogen-bond acceptors (Lipinski definition) is 5. The van der Waals surface area contributed by atoms with E-state index in [1.165, 1.54) is 25.7 Å². The van der Waals surface area contributed by atoms with Gasteiger partial charge in [-0.3, -0.25) is 4.98 Å². The molecular weight excluding hydrogens is 202 g/mol. The highest BCUT2D eigenvalue weighted by atomic mass is 15.3. The van der Waals surface area contributed by atoms with Crippen LogP contribution in [0.5, 0.6) is 0 Å². The summed E-state index contributed by atoms with van der Waals surface area (Å²) in [4.78, 5) is 8.36.